The Labute approximate surface area is 125 Å². The van der Waals surface area contributed by atoms with E-state index >= 15 is 0 Å². The molecule has 8 heteroatoms. The highest BCUT2D eigenvalue weighted by Gasteiger charge is 2.30. The Morgan fingerprint density at radius 1 is 1.30 bits per heavy atom. The molecule has 0 aliphatic heterocycles. The van der Waals surface area contributed by atoms with Crippen molar-refractivity contribution < 1.29 is 13.2 Å². The average Bonchev–Trinajstić information content (AvgIpc) is 2.43. The Morgan fingerprint density at radius 3 is 2.30 bits per heavy atom. The third-order valence-electron chi connectivity index (χ3n) is 3.07. The maximum Gasteiger partial charge on any atom is 0.246 e. The normalized spacial score (nSPS) is 12.3. The van der Waals surface area contributed by atoms with Crippen molar-refractivity contribution in [1.29, 1.82) is 0 Å². The van der Waals surface area contributed by atoms with Gasteiger partial charge >= 0.3 is 0 Å². The molecule has 0 aromatic carbocycles. The van der Waals surface area contributed by atoms with E-state index in [1.54, 1.807) is 7.11 Å². The summed E-state index contributed by atoms with van der Waals surface area (Å²) >= 11 is 5.59. The highest BCUT2D eigenvalue weighted by molar-refractivity contribution is 7.89. The number of methoxy groups -OCH3 is 1. The van der Waals surface area contributed by atoms with Crippen LogP contribution in [0.3, 0.4) is 0 Å². The van der Waals surface area contributed by atoms with Gasteiger partial charge in [-0.1, -0.05) is 13.8 Å². The van der Waals surface area contributed by atoms with E-state index in [1.807, 2.05) is 13.8 Å². The van der Waals surface area contributed by atoms with E-state index in [2.05, 4.69) is 9.97 Å². The van der Waals surface area contributed by atoms with Gasteiger partial charge in [-0.05, 0) is 24.4 Å². The molecule has 0 aliphatic carbocycles. The first-order valence-electron chi connectivity index (χ1n) is 6.45. The lowest BCUT2D eigenvalue weighted by molar-refractivity contribution is 0.163. The van der Waals surface area contributed by atoms with Gasteiger partial charge in [0.1, 0.15) is 4.90 Å². The topological polar surface area (TPSA) is 72.4 Å². The van der Waals surface area contributed by atoms with Crippen molar-refractivity contribution in [3.63, 3.8) is 0 Å². The number of sulfonamides is 1. The van der Waals surface area contributed by atoms with E-state index < -0.39 is 10.0 Å². The van der Waals surface area contributed by atoms with Crippen LogP contribution in [-0.2, 0) is 14.8 Å². The minimum absolute atomic E-state index is 0.0231. The van der Waals surface area contributed by atoms with Crippen molar-refractivity contribution >= 4 is 21.6 Å². The number of nitrogens with zero attached hydrogens (tertiary/aromatic N) is 3. The van der Waals surface area contributed by atoms with Crippen LogP contribution in [0.2, 0.25) is 5.28 Å². The van der Waals surface area contributed by atoms with Crippen molar-refractivity contribution in [2.75, 3.05) is 20.3 Å². The highest BCUT2D eigenvalue weighted by Crippen LogP contribution is 2.20. The summed E-state index contributed by atoms with van der Waals surface area (Å²) in [5.41, 5.74) is 0. The molecular formula is C12H20ClN3O3S. The fraction of sp³-hybridized carbons (Fsp3) is 0.667. The van der Waals surface area contributed by atoms with Gasteiger partial charge in [-0.15, -0.1) is 0 Å². The molecule has 0 saturated heterocycles. The standard InChI is InChI=1S/C12H20ClN3O3S/c1-4-10(5-2)16(6-7-19-3)20(17,18)11-8-14-12(13)15-9-11/h8-10H,4-7H2,1-3H3. The summed E-state index contributed by atoms with van der Waals surface area (Å²) in [5.74, 6) is 0. The SMILES string of the molecule is CCC(CC)N(CCOC)S(=O)(=O)c1cnc(Cl)nc1. The molecule has 114 valence electrons. The molecule has 0 saturated carbocycles. The second kappa shape index (κ2) is 7.87. The fourth-order valence-electron chi connectivity index (χ4n) is 1.95. The van der Waals surface area contributed by atoms with Crippen molar-refractivity contribution in [2.45, 2.75) is 37.6 Å². The van der Waals surface area contributed by atoms with Gasteiger partial charge in [0, 0.05) is 19.7 Å². The van der Waals surface area contributed by atoms with Crippen LogP contribution in [0.4, 0.5) is 0 Å². The zero-order valence-electron chi connectivity index (χ0n) is 11.9. The molecule has 1 aromatic rings. The van der Waals surface area contributed by atoms with Crippen LogP contribution in [0.5, 0.6) is 0 Å². The van der Waals surface area contributed by atoms with Gasteiger partial charge in [-0.2, -0.15) is 4.31 Å². The second-order valence-corrected chi connectivity index (χ2v) is 6.50. The molecular weight excluding hydrogens is 302 g/mol. The van der Waals surface area contributed by atoms with E-state index in [-0.39, 0.29) is 16.2 Å². The first-order chi connectivity index (χ1) is 9.47. The molecule has 0 atom stereocenters. The average molecular weight is 322 g/mol. The van der Waals surface area contributed by atoms with E-state index in [9.17, 15) is 8.42 Å². The molecule has 0 N–H and O–H groups in total. The van der Waals surface area contributed by atoms with E-state index in [0.717, 1.165) is 12.8 Å². The maximum atomic E-state index is 12.7. The lowest BCUT2D eigenvalue weighted by Gasteiger charge is -2.29. The molecule has 0 unspecified atom stereocenters. The molecule has 0 fully saturated rings. The van der Waals surface area contributed by atoms with Crippen LogP contribution >= 0.6 is 11.6 Å². The van der Waals surface area contributed by atoms with Crippen molar-refractivity contribution in [2.24, 2.45) is 0 Å². The quantitative estimate of drug-likeness (QED) is 0.684. The Hall–Kier alpha value is -0.760. The van der Waals surface area contributed by atoms with E-state index in [0.29, 0.717) is 13.2 Å². The molecule has 6 nitrogen and oxygen atoms in total. The fourth-order valence-corrected chi connectivity index (χ4v) is 3.69. The number of halogens is 1. The van der Waals surface area contributed by atoms with Crippen LogP contribution in [-0.4, -0.2) is 49.0 Å². The smallest absolute Gasteiger partial charge is 0.246 e. The Bertz CT molecular complexity index is 503. The van der Waals surface area contributed by atoms with Gasteiger partial charge in [-0.3, -0.25) is 0 Å². The zero-order chi connectivity index (χ0) is 15.2. The van der Waals surface area contributed by atoms with Gasteiger partial charge in [-0.25, -0.2) is 18.4 Å². The zero-order valence-corrected chi connectivity index (χ0v) is 13.5. The van der Waals surface area contributed by atoms with Gasteiger partial charge in [0.15, 0.2) is 0 Å². The third kappa shape index (κ3) is 4.12. The number of ether oxygens (including phenoxy) is 1. The molecule has 0 amide bonds. The summed E-state index contributed by atoms with van der Waals surface area (Å²) in [7, 11) is -2.10. The number of hydrogen-bond donors (Lipinski definition) is 0. The van der Waals surface area contributed by atoms with Crippen molar-refractivity contribution in [1.82, 2.24) is 14.3 Å². The molecule has 1 heterocycles. The van der Waals surface area contributed by atoms with Crippen LogP contribution in [0.25, 0.3) is 0 Å². The lowest BCUT2D eigenvalue weighted by atomic mass is 10.2. The van der Waals surface area contributed by atoms with E-state index in [1.165, 1.54) is 16.7 Å². The summed E-state index contributed by atoms with van der Waals surface area (Å²) in [6.07, 6.45) is 3.92. The Kier molecular flexibility index (Phi) is 6.81. The summed E-state index contributed by atoms with van der Waals surface area (Å²) in [6.45, 7) is 4.56. The minimum atomic E-state index is -3.64. The first-order valence-corrected chi connectivity index (χ1v) is 8.27. The first kappa shape index (κ1) is 17.3. The van der Waals surface area contributed by atoms with Crippen molar-refractivity contribution in [3.8, 4) is 0 Å². The minimum Gasteiger partial charge on any atom is -0.383 e. The van der Waals surface area contributed by atoms with Crippen LogP contribution in [0.15, 0.2) is 17.3 Å². The van der Waals surface area contributed by atoms with Gasteiger partial charge < -0.3 is 4.74 Å². The molecule has 0 spiro atoms. The molecule has 20 heavy (non-hydrogen) atoms. The molecule has 0 radical (unpaired) electrons. The number of aromatic nitrogens is 2. The highest BCUT2D eigenvalue weighted by atomic mass is 35.5. The summed E-state index contributed by atoms with van der Waals surface area (Å²) in [4.78, 5) is 7.52. The predicted molar refractivity (Wildman–Crippen MR) is 77.2 cm³/mol. The molecule has 1 rings (SSSR count). The van der Waals surface area contributed by atoms with Gasteiger partial charge in [0.2, 0.25) is 15.3 Å². The largest absolute Gasteiger partial charge is 0.383 e. The van der Waals surface area contributed by atoms with Gasteiger partial charge in [0.25, 0.3) is 0 Å². The molecule has 0 bridgehead atoms. The summed E-state index contributed by atoms with van der Waals surface area (Å²) in [5, 5.41) is 0.0231. The predicted octanol–water partition coefficient (Wildman–Crippen LogP) is 1.96. The van der Waals surface area contributed by atoms with Crippen LogP contribution in [0, 0.1) is 0 Å². The third-order valence-corrected chi connectivity index (χ3v) is 5.17. The lowest BCUT2D eigenvalue weighted by Crippen LogP contribution is -2.41. The second-order valence-electron chi connectivity index (χ2n) is 4.27. The summed E-state index contributed by atoms with van der Waals surface area (Å²) < 4.78 is 31.8. The summed E-state index contributed by atoms with van der Waals surface area (Å²) in [6, 6.07) is -0.0779. The Balaban J connectivity index is 3.12. The number of rotatable bonds is 8. The van der Waals surface area contributed by atoms with E-state index in [4.69, 9.17) is 16.3 Å². The Morgan fingerprint density at radius 2 is 1.85 bits per heavy atom. The molecule has 1 aromatic heterocycles. The van der Waals surface area contributed by atoms with Crippen LogP contribution < -0.4 is 0 Å². The number of hydrogen-bond acceptors (Lipinski definition) is 5. The van der Waals surface area contributed by atoms with Crippen molar-refractivity contribution in [3.05, 3.63) is 17.7 Å². The maximum absolute atomic E-state index is 12.7. The monoisotopic (exact) mass is 321 g/mol. The van der Waals surface area contributed by atoms with Crippen LogP contribution in [0.1, 0.15) is 26.7 Å². The van der Waals surface area contributed by atoms with Gasteiger partial charge in [0.05, 0.1) is 19.0 Å². The molecule has 0 aliphatic rings.